The van der Waals surface area contributed by atoms with Crippen LogP contribution in [0.4, 0.5) is 13.2 Å². The average Bonchev–Trinajstić information content (AvgIpc) is 2.82. The molecule has 0 aliphatic carbocycles. The van der Waals surface area contributed by atoms with Crippen molar-refractivity contribution in [2.45, 2.75) is 5.88 Å². The molecule has 3 rings (SSSR count). The number of imidazole rings is 1. The van der Waals surface area contributed by atoms with Gasteiger partial charge in [0.05, 0.1) is 22.1 Å². The maximum absolute atomic E-state index is 14.1. The van der Waals surface area contributed by atoms with Gasteiger partial charge in [-0.2, -0.15) is 0 Å². The summed E-state index contributed by atoms with van der Waals surface area (Å²) in [4.78, 5) is 4.14. The fraction of sp³-hybridized carbons (Fsp3) is 0.0714. The highest BCUT2D eigenvalue weighted by molar-refractivity contribution is 6.32. The number of benzene rings is 2. The minimum atomic E-state index is -1.06. The highest BCUT2D eigenvalue weighted by atomic mass is 35.5. The second-order valence-corrected chi connectivity index (χ2v) is 5.00. The molecular weight excluding hydrogens is 324 g/mol. The van der Waals surface area contributed by atoms with E-state index in [0.717, 1.165) is 12.1 Å². The largest absolute Gasteiger partial charge is 0.291 e. The number of nitrogens with zero attached hydrogens (tertiary/aromatic N) is 2. The highest BCUT2D eigenvalue weighted by Gasteiger charge is 2.19. The summed E-state index contributed by atoms with van der Waals surface area (Å²) in [6.07, 6.45) is 0. The van der Waals surface area contributed by atoms with Crippen LogP contribution in [0.1, 0.15) is 5.82 Å². The Bertz CT molecular complexity index is 846. The Hall–Kier alpha value is -1.72. The fourth-order valence-corrected chi connectivity index (χ4v) is 2.59. The normalized spacial score (nSPS) is 11.3. The number of hydrogen-bond acceptors (Lipinski definition) is 1. The summed E-state index contributed by atoms with van der Waals surface area (Å²) in [7, 11) is 0. The molecule has 21 heavy (non-hydrogen) atoms. The van der Waals surface area contributed by atoms with Crippen molar-refractivity contribution in [1.29, 1.82) is 0 Å². The second kappa shape index (κ2) is 5.24. The molecule has 108 valence electrons. The van der Waals surface area contributed by atoms with Gasteiger partial charge < -0.3 is 0 Å². The lowest BCUT2D eigenvalue weighted by molar-refractivity contribution is 0.514. The standard InChI is InChI=1S/C14H7Cl2F3N2/c15-6-12-20-10-3-2-9(18)13(19)14(10)21(12)11-4-1-7(17)5-8(11)16/h1-5H,6H2. The number of halogens is 5. The number of fused-ring (bicyclic) bond motifs is 1. The van der Waals surface area contributed by atoms with Gasteiger partial charge in [0.1, 0.15) is 17.2 Å². The zero-order valence-corrected chi connectivity index (χ0v) is 11.9. The molecule has 0 aliphatic rings. The molecular formula is C14H7Cl2F3N2. The van der Waals surface area contributed by atoms with E-state index >= 15 is 0 Å². The molecule has 0 atom stereocenters. The first-order chi connectivity index (χ1) is 10.0. The first-order valence-corrected chi connectivity index (χ1v) is 6.81. The number of hydrogen-bond donors (Lipinski definition) is 0. The van der Waals surface area contributed by atoms with Gasteiger partial charge in [-0.05, 0) is 30.3 Å². The lowest BCUT2D eigenvalue weighted by Gasteiger charge is -2.10. The van der Waals surface area contributed by atoms with Crippen LogP contribution in [0.2, 0.25) is 5.02 Å². The topological polar surface area (TPSA) is 17.8 Å². The van der Waals surface area contributed by atoms with Crippen molar-refractivity contribution in [1.82, 2.24) is 9.55 Å². The van der Waals surface area contributed by atoms with Crippen LogP contribution in [0.5, 0.6) is 0 Å². The number of aromatic nitrogens is 2. The first kappa shape index (κ1) is 14.2. The van der Waals surface area contributed by atoms with Crippen molar-refractivity contribution in [3.63, 3.8) is 0 Å². The molecule has 0 spiro atoms. The Morgan fingerprint density at radius 1 is 1.10 bits per heavy atom. The van der Waals surface area contributed by atoms with E-state index in [0.29, 0.717) is 0 Å². The van der Waals surface area contributed by atoms with Gasteiger partial charge in [-0.15, -0.1) is 11.6 Å². The lowest BCUT2D eigenvalue weighted by Crippen LogP contribution is -2.02. The van der Waals surface area contributed by atoms with Crippen molar-refractivity contribution in [3.8, 4) is 5.69 Å². The van der Waals surface area contributed by atoms with E-state index in [9.17, 15) is 13.2 Å². The Kier molecular flexibility index (Phi) is 3.55. The summed E-state index contributed by atoms with van der Waals surface area (Å²) in [5.41, 5.74) is 0.435. The van der Waals surface area contributed by atoms with Crippen LogP contribution >= 0.6 is 23.2 Å². The molecule has 0 saturated heterocycles. The summed E-state index contributed by atoms with van der Waals surface area (Å²) in [5.74, 6) is -2.36. The molecule has 0 unspecified atom stereocenters. The van der Waals surface area contributed by atoms with Crippen molar-refractivity contribution < 1.29 is 13.2 Å². The highest BCUT2D eigenvalue weighted by Crippen LogP contribution is 2.30. The summed E-state index contributed by atoms with van der Waals surface area (Å²) >= 11 is 11.8. The molecule has 0 amide bonds. The molecule has 0 aliphatic heterocycles. The maximum Gasteiger partial charge on any atom is 0.185 e. The Labute approximate surface area is 127 Å². The van der Waals surface area contributed by atoms with E-state index < -0.39 is 17.5 Å². The zero-order valence-electron chi connectivity index (χ0n) is 10.4. The van der Waals surface area contributed by atoms with E-state index in [-0.39, 0.29) is 33.4 Å². The van der Waals surface area contributed by atoms with Crippen LogP contribution in [0, 0.1) is 17.5 Å². The molecule has 0 saturated carbocycles. The molecule has 3 aromatic rings. The Morgan fingerprint density at radius 2 is 1.86 bits per heavy atom. The van der Waals surface area contributed by atoms with E-state index in [4.69, 9.17) is 23.2 Å². The monoisotopic (exact) mass is 330 g/mol. The van der Waals surface area contributed by atoms with Gasteiger partial charge >= 0.3 is 0 Å². The summed E-state index contributed by atoms with van der Waals surface area (Å²) in [5, 5.41) is 0.0457. The van der Waals surface area contributed by atoms with Gasteiger partial charge in [-0.25, -0.2) is 18.2 Å². The summed E-state index contributed by atoms with van der Waals surface area (Å²) in [6, 6.07) is 5.94. The Morgan fingerprint density at radius 3 is 2.52 bits per heavy atom. The molecule has 2 nitrogen and oxygen atoms in total. The van der Waals surface area contributed by atoms with Crippen LogP contribution in [0.15, 0.2) is 30.3 Å². The zero-order chi connectivity index (χ0) is 15.1. The van der Waals surface area contributed by atoms with Gasteiger partial charge in [0, 0.05) is 0 Å². The third-order valence-corrected chi connectivity index (χ3v) is 3.59. The van der Waals surface area contributed by atoms with Crippen LogP contribution < -0.4 is 0 Å². The predicted octanol–water partition coefficient (Wildman–Crippen LogP) is 4.84. The minimum Gasteiger partial charge on any atom is -0.291 e. The second-order valence-electron chi connectivity index (χ2n) is 4.32. The lowest BCUT2D eigenvalue weighted by atomic mass is 10.2. The van der Waals surface area contributed by atoms with Gasteiger partial charge in [0.2, 0.25) is 0 Å². The summed E-state index contributed by atoms with van der Waals surface area (Å²) in [6.45, 7) is 0. The molecule has 1 heterocycles. The SMILES string of the molecule is Fc1ccc(-n2c(CCl)nc3ccc(F)c(F)c32)c(Cl)c1. The van der Waals surface area contributed by atoms with Crippen LogP contribution in [-0.2, 0) is 5.88 Å². The summed E-state index contributed by atoms with van der Waals surface area (Å²) < 4.78 is 42.0. The third-order valence-electron chi connectivity index (χ3n) is 3.05. The van der Waals surface area contributed by atoms with E-state index in [1.54, 1.807) is 0 Å². The van der Waals surface area contributed by atoms with Crippen LogP contribution in [0.3, 0.4) is 0 Å². The van der Waals surface area contributed by atoms with Crippen molar-refractivity contribution in [2.75, 3.05) is 0 Å². The Balaban J connectivity index is 2.42. The van der Waals surface area contributed by atoms with Gasteiger partial charge in [0.25, 0.3) is 0 Å². The van der Waals surface area contributed by atoms with Crippen molar-refractivity contribution in [2.24, 2.45) is 0 Å². The number of rotatable bonds is 2. The molecule has 0 N–H and O–H groups in total. The van der Waals surface area contributed by atoms with E-state index in [1.165, 1.54) is 22.8 Å². The molecule has 0 bridgehead atoms. The smallest absolute Gasteiger partial charge is 0.185 e. The maximum atomic E-state index is 14.1. The van der Waals surface area contributed by atoms with Crippen molar-refractivity contribution in [3.05, 3.63) is 58.6 Å². The molecule has 2 aromatic carbocycles. The van der Waals surface area contributed by atoms with Crippen LogP contribution in [0.25, 0.3) is 16.7 Å². The molecule has 0 fully saturated rings. The van der Waals surface area contributed by atoms with Crippen molar-refractivity contribution >= 4 is 34.2 Å². The van der Waals surface area contributed by atoms with E-state index in [2.05, 4.69) is 4.98 Å². The fourth-order valence-electron chi connectivity index (χ4n) is 2.16. The van der Waals surface area contributed by atoms with Gasteiger partial charge in [-0.3, -0.25) is 4.57 Å². The van der Waals surface area contributed by atoms with Crippen LogP contribution in [-0.4, -0.2) is 9.55 Å². The molecule has 0 radical (unpaired) electrons. The quantitative estimate of drug-likeness (QED) is 0.615. The van der Waals surface area contributed by atoms with E-state index in [1.807, 2.05) is 0 Å². The first-order valence-electron chi connectivity index (χ1n) is 5.89. The van der Waals surface area contributed by atoms with Gasteiger partial charge in [0.15, 0.2) is 11.6 Å². The predicted molar refractivity (Wildman–Crippen MR) is 75.5 cm³/mol. The number of alkyl halides is 1. The molecule has 7 heteroatoms. The average molecular weight is 331 g/mol. The molecule has 1 aromatic heterocycles. The van der Waals surface area contributed by atoms with Gasteiger partial charge in [-0.1, -0.05) is 11.6 Å². The third kappa shape index (κ3) is 2.26. The minimum absolute atomic E-state index is 0.0382.